The first-order valence-corrected chi connectivity index (χ1v) is 2.91. The molecular weight excluding hydrogens is 118 g/mol. The van der Waals surface area contributed by atoms with E-state index in [9.17, 15) is 0 Å². The summed E-state index contributed by atoms with van der Waals surface area (Å²) in [5.41, 5.74) is 0. The lowest BCUT2D eigenvalue weighted by Crippen LogP contribution is -2.06. The van der Waals surface area contributed by atoms with Gasteiger partial charge in [-0.25, -0.2) is 0 Å². The number of nitrogens with zero attached hydrogens (tertiary/aromatic N) is 1. The zero-order chi connectivity index (χ0) is 6.69. The van der Waals surface area contributed by atoms with Crippen LogP contribution in [0.15, 0.2) is 0 Å². The van der Waals surface area contributed by atoms with Crippen LogP contribution >= 0.6 is 0 Å². The third-order valence-corrected chi connectivity index (χ3v) is 1.41. The van der Waals surface area contributed by atoms with Crippen molar-refractivity contribution in [2.24, 2.45) is 5.92 Å². The summed E-state index contributed by atoms with van der Waals surface area (Å²) in [5.74, 6) is 0.0370. The van der Waals surface area contributed by atoms with Crippen LogP contribution < -0.4 is 0 Å². The van der Waals surface area contributed by atoms with Gasteiger partial charge in [0.1, 0.15) is 0 Å². The van der Waals surface area contributed by atoms with Crippen LogP contribution in [0.4, 0.5) is 0 Å². The van der Waals surface area contributed by atoms with Gasteiger partial charge in [-0.05, 0) is 0 Å². The standard InChI is InChI=1S/C6H9NO2/c1-8-6-2-5(3-7)4-9-6/h5-6H,2,4H2,1H3. The van der Waals surface area contributed by atoms with E-state index in [0.29, 0.717) is 13.0 Å². The maximum absolute atomic E-state index is 8.39. The van der Waals surface area contributed by atoms with E-state index in [1.165, 1.54) is 0 Å². The Labute approximate surface area is 54.2 Å². The predicted octanol–water partition coefficient (Wildman–Crippen LogP) is 0.519. The molecular formula is C6H9NO2. The molecule has 3 nitrogen and oxygen atoms in total. The molecule has 0 amide bonds. The van der Waals surface area contributed by atoms with Gasteiger partial charge >= 0.3 is 0 Å². The number of nitriles is 1. The van der Waals surface area contributed by atoms with Crippen molar-refractivity contribution < 1.29 is 9.47 Å². The Morgan fingerprint density at radius 3 is 2.89 bits per heavy atom. The molecule has 0 aromatic heterocycles. The molecule has 0 aromatic carbocycles. The van der Waals surface area contributed by atoms with Crippen molar-refractivity contribution in [1.82, 2.24) is 0 Å². The summed E-state index contributed by atoms with van der Waals surface area (Å²) in [4.78, 5) is 0. The lowest BCUT2D eigenvalue weighted by Gasteiger charge is -2.03. The Bertz CT molecular complexity index is 130. The molecule has 2 atom stereocenters. The topological polar surface area (TPSA) is 42.2 Å². The third-order valence-electron chi connectivity index (χ3n) is 1.41. The molecule has 0 aromatic rings. The zero-order valence-electron chi connectivity index (χ0n) is 5.33. The molecule has 1 aliphatic heterocycles. The van der Waals surface area contributed by atoms with Crippen LogP contribution in [0.3, 0.4) is 0 Å². The normalized spacial score (nSPS) is 34.2. The molecule has 1 saturated heterocycles. The van der Waals surface area contributed by atoms with E-state index in [1.54, 1.807) is 7.11 Å². The van der Waals surface area contributed by atoms with Gasteiger partial charge in [0, 0.05) is 13.5 Å². The smallest absolute Gasteiger partial charge is 0.158 e. The Morgan fingerprint density at radius 2 is 2.56 bits per heavy atom. The van der Waals surface area contributed by atoms with Crippen molar-refractivity contribution in [3.63, 3.8) is 0 Å². The zero-order valence-corrected chi connectivity index (χ0v) is 5.33. The van der Waals surface area contributed by atoms with E-state index in [2.05, 4.69) is 6.07 Å². The van der Waals surface area contributed by atoms with E-state index in [1.807, 2.05) is 0 Å². The molecule has 0 saturated carbocycles. The van der Waals surface area contributed by atoms with Crippen molar-refractivity contribution in [2.75, 3.05) is 13.7 Å². The minimum atomic E-state index is -0.144. The van der Waals surface area contributed by atoms with Gasteiger partial charge in [-0.3, -0.25) is 0 Å². The maximum atomic E-state index is 8.39. The number of rotatable bonds is 1. The molecule has 2 unspecified atom stereocenters. The summed E-state index contributed by atoms with van der Waals surface area (Å²) in [5, 5.41) is 8.39. The minimum Gasteiger partial charge on any atom is -0.356 e. The number of ether oxygens (including phenoxy) is 2. The lowest BCUT2D eigenvalue weighted by atomic mass is 10.1. The second kappa shape index (κ2) is 2.81. The van der Waals surface area contributed by atoms with E-state index in [0.717, 1.165) is 0 Å². The van der Waals surface area contributed by atoms with E-state index in [4.69, 9.17) is 14.7 Å². The Hall–Kier alpha value is -0.590. The summed E-state index contributed by atoms with van der Waals surface area (Å²) in [6.45, 7) is 0.523. The SMILES string of the molecule is COC1CC(C#N)CO1. The van der Waals surface area contributed by atoms with Crippen molar-refractivity contribution >= 4 is 0 Å². The molecule has 50 valence electrons. The van der Waals surface area contributed by atoms with Gasteiger partial charge in [0.2, 0.25) is 0 Å². The van der Waals surface area contributed by atoms with E-state index < -0.39 is 0 Å². The van der Waals surface area contributed by atoms with Gasteiger partial charge in [0.25, 0.3) is 0 Å². The molecule has 0 N–H and O–H groups in total. The van der Waals surface area contributed by atoms with Gasteiger partial charge in [-0.2, -0.15) is 5.26 Å². The number of hydrogen-bond acceptors (Lipinski definition) is 3. The molecule has 1 heterocycles. The van der Waals surface area contributed by atoms with Crippen LogP contribution in [0.25, 0.3) is 0 Å². The highest BCUT2D eigenvalue weighted by molar-refractivity contribution is 4.86. The van der Waals surface area contributed by atoms with E-state index in [-0.39, 0.29) is 12.2 Å². The van der Waals surface area contributed by atoms with Crippen LogP contribution in [-0.4, -0.2) is 20.0 Å². The summed E-state index contributed by atoms with van der Waals surface area (Å²) in [6, 6.07) is 2.12. The Kier molecular flexibility index (Phi) is 2.04. The van der Waals surface area contributed by atoms with Crippen molar-refractivity contribution in [3.8, 4) is 6.07 Å². The first kappa shape index (κ1) is 6.53. The molecule has 1 aliphatic rings. The molecule has 0 aliphatic carbocycles. The highest BCUT2D eigenvalue weighted by Gasteiger charge is 2.24. The summed E-state index contributed by atoms with van der Waals surface area (Å²) >= 11 is 0. The van der Waals surface area contributed by atoms with Crippen LogP contribution in [0.2, 0.25) is 0 Å². The fraction of sp³-hybridized carbons (Fsp3) is 0.833. The fourth-order valence-electron chi connectivity index (χ4n) is 0.846. The molecule has 9 heavy (non-hydrogen) atoms. The average molecular weight is 127 g/mol. The van der Waals surface area contributed by atoms with Crippen LogP contribution in [-0.2, 0) is 9.47 Å². The van der Waals surface area contributed by atoms with Crippen LogP contribution in [0, 0.1) is 17.2 Å². The monoisotopic (exact) mass is 127 g/mol. The lowest BCUT2D eigenvalue weighted by molar-refractivity contribution is -0.0880. The molecule has 1 rings (SSSR count). The largest absolute Gasteiger partial charge is 0.356 e. The molecule has 0 spiro atoms. The van der Waals surface area contributed by atoms with Gasteiger partial charge in [0.05, 0.1) is 18.6 Å². The fourth-order valence-corrected chi connectivity index (χ4v) is 0.846. The third kappa shape index (κ3) is 1.41. The molecule has 3 heteroatoms. The van der Waals surface area contributed by atoms with Crippen molar-refractivity contribution in [2.45, 2.75) is 12.7 Å². The quantitative estimate of drug-likeness (QED) is 0.515. The number of methoxy groups -OCH3 is 1. The van der Waals surface area contributed by atoms with Crippen molar-refractivity contribution in [3.05, 3.63) is 0 Å². The molecule has 1 fully saturated rings. The Balaban J connectivity index is 2.31. The van der Waals surface area contributed by atoms with Gasteiger partial charge < -0.3 is 9.47 Å². The minimum absolute atomic E-state index is 0.0370. The van der Waals surface area contributed by atoms with Crippen LogP contribution in [0.5, 0.6) is 0 Å². The second-order valence-corrected chi connectivity index (χ2v) is 2.06. The average Bonchev–Trinajstić information content (AvgIpc) is 2.34. The van der Waals surface area contributed by atoms with E-state index >= 15 is 0 Å². The second-order valence-electron chi connectivity index (χ2n) is 2.06. The summed E-state index contributed by atoms with van der Waals surface area (Å²) in [6.07, 6.45) is 0.571. The molecule has 0 bridgehead atoms. The van der Waals surface area contributed by atoms with Crippen LogP contribution in [0.1, 0.15) is 6.42 Å². The molecule has 0 radical (unpaired) electrons. The van der Waals surface area contributed by atoms with Gasteiger partial charge in [-0.1, -0.05) is 0 Å². The van der Waals surface area contributed by atoms with Crippen molar-refractivity contribution in [1.29, 1.82) is 5.26 Å². The predicted molar refractivity (Wildman–Crippen MR) is 30.5 cm³/mol. The maximum Gasteiger partial charge on any atom is 0.158 e. The highest BCUT2D eigenvalue weighted by Crippen LogP contribution is 2.18. The van der Waals surface area contributed by atoms with Gasteiger partial charge in [0.15, 0.2) is 6.29 Å². The summed E-state index contributed by atoms with van der Waals surface area (Å²) < 4.78 is 9.93. The Morgan fingerprint density at radius 1 is 1.78 bits per heavy atom. The first-order valence-electron chi connectivity index (χ1n) is 2.91. The van der Waals surface area contributed by atoms with Gasteiger partial charge in [-0.15, -0.1) is 0 Å². The first-order chi connectivity index (χ1) is 4.36. The highest BCUT2D eigenvalue weighted by atomic mass is 16.7. The summed E-state index contributed by atoms with van der Waals surface area (Å²) in [7, 11) is 1.59. The number of hydrogen-bond donors (Lipinski definition) is 0.